The second-order valence-electron chi connectivity index (χ2n) is 23.4. The molecule has 0 aliphatic rings. The van der Waals surface area contributed by atoms with Crippen molar-refractivity contribution in [2.24, 2.45) is 10.7 Å². The summed E-state index contributed by atoms with van der Waals surface area (Å²) in [6.07, 6.45) is -17.8. The zero-order valence-electron chi connectivity index (χ0n) is 58.4. The molecular weight excluding hydrogens is 1440 g/mol. The molecule has 1 aromatic heterocycles. The predicted octanol–water partition coefficient (Wildman–Crippen LogP) is 21.8. The second-order valence-corrected chi connectivity index (χ2v) is 23.4. The Balaban J connectivity index is 0.000000449. The Hall–Kier alpha value is -9.48. The van der Waals surface area contributed by atoms with Gasteiger partial charge in [0, 0.05) is 36.0 Å². The van der Waals surface area contributed by atoms with E-state index in [2.05, 4.69) is 20.3 Å². The average Bonchev–Trinajstić information content (AvgIpc) is 0.880. The summed E-state index contributed by atoms with van der Waals surface area (Å²) in [5.41, 5.74) is 4.47. The first-order valence-corrected chi connectivity index (χ1v) is 32.9. The number of esters is 1. The van der Waals surface area contributed by atoms with E-state index in [4.69, 9.17) is 15.2 Å². The van der Waals surface area contributed by atoms with Gasteiger partial charge in [0.25, 0.3) is 0 Å². The minimum Gasteiger partial charge on any atom is -0.460 e. The molecule has 6 aromatic carbocycles. The number of aliphatic hydroxyl groups is 1. The lowest BCUT2D eigenvalue weighted by atomic mass is 10.0. The number of aliphatic hydroxyl groups excluding tert-OH is 1. The van der Waals surface area contributed by atoms with Crippen molar-refractivity contribution < 1.29 is 118 Å². The number of alkyl carbamates (subject to hydrolysis) is 1. The van der Waals surface area contributed by atoms with Gasteiger partial charge >= 0.3 is 49.1 Å². The molecule has 0 fully saturated rings. The van der Waals surface area contributed by atoms with Crippen LogP contribution >= 0.6 is 0 Å². The Morgan fingerprint density at radius 2 is 0.868 bits per heavy atom. The van der Waals surface area contributed by atoms with Gasteiger partial charge in [-0.2, -0.15) is 84.0 Å². The number of amides is 1. The fraction of sp³-hybridized carbons (Fsp3) is 0.400. The fourth-order valence-electron chi connectivity index (χ4n) is 9.14. The number of aromatic nitrogens is 2. The van der Waals surface area contributed by atoms with E-state index in [1.165, 1.54) is 79.1 Å². The molecule has 0 aliphatic carbocycles. The van der Waals surface area contributed by atoms with Crippen LogP contribution in [0, 0.1) is 0 Å². The summed E-state index contributed by atoms with van der Waals surface area (Å²) in [7, 11) is 0. The highest BCUT2D eigenvalue weighted by molar-refractivity contribution is 5.96. The van der Waals surface area contributed by atoms with E-state index in [1.807, 2.05) is 34.6 Å². The van der Waals surface area contributed by atoms with Crippen molar-refractivity contribution in [3.05, 3.63) is 237 Å². The van der Waals surface area contributed by atoms with E-state index >= 15 is 0 Å². The molecular formula is C75H81F18N5O8. The molecule has 5 atom stereocenters. The van der Waals surface area contributed by atoms with E-state index in [-0.39, 0.29) is 23.8 Å². The molecule has 5 unspecified atom stereocenters. The first-order valence-electron chi connectivity index (χ1n) is 32.9. The molecule has 31 heteroatoms. The highest BCUT2D eigenvalue weighted by Gasteiger charge is 2.35. The van der Waals surface area contributed by atoms with Crippen molar-refractivity contribution >= 4 is 30.2 Å². The summed E-state index contributed by atoms with van der Waals surface area (Å²) in [6.45, 7) is 12.9. The first-order chi connectivity index (χ1) is 49.5. The number of nitrogens with two attached hydrogens (primary N) is 1. The molecule has 580 valence electrons. The predicted molar refractivity (Wildman–Crippen MR) is 359 cm³/mol. The number of nitrogens with zero attached hydrogens (tertiary/aromatic N) is 3. The third kappa shape index (κ3) is 34.6. The number of Topliss-reactive ketones (excluding diaryl/α,β-unsaturated/α-hetero) is 1. The van der Waals surface area contributed by atoms with E-state index < -0.39 is 113 Å². The summed E-state index contributed by atoms with van der Waals surface area (Å²) in [4.78, 5) is 68.3. The van der Waals surface area contributed by atoms with Crippen molar-refractivity contribution in [2.45, 2.75) is 193 Å². The molecule has 7 rings (SSSR count). The Kier molecular flexibility index (Phi) is 38.9. The molecule has 0 spiro atoms. The number of alkyl halides is 18. The number of hydrogen-bond acceptors (Lipinski definition) is 12. The maximum atomic E-state index is 12.8. The molecule has 0 saturated carbocycles. The number of ketones is 1. The van der Waals surface area contributed by atoms with Crippen LogP contribution in [-0.2, 0) is 62.5 Å². The average molecular weight is 1520 g/mol. The van der Waals surface area contributed by atoms with Gasteiger partial charge in [0.2, 0.25) is 12.2 Å². The van der Waals surface area contributed by atoms with Crippen LogP contribution in [0.15, 0.2) is 169 Å². The van der Waals surface area contributed by atoms with Crippen molar-refractivity contribution in [1.82, 2.24) is 15.3 Å². The lowest BCUT2D eigenvalue weighted by Crippen LogP contribution is -2.38. The van der Waals surface area contributed by atoms with Crippen molar-refractivity contribution in [3.8, 4) is 0 Å². The second kappa shape index (κ2) is 44.5. The molecule has 13 nitrogen and oxygen atoms in total. The van der Waals surface area contributed by atoms with Crippen LogP contribution in [-0.4, -0.2) is 57.5 Å². The highest BCUT2D eigenvalue weighted by Crippen LogP contribution is 2.36. The lowest BCUT2D eigenvalue weighted by Gasteiger charge is -2.22. The Morgan fingerprint density at radius 3 is 1.23 bits per heavy atom. The van der Waals surface area contributed by atoms with Gasteiger partial charge in [-0.25, -0.2) is 24.4 Å². The first kappa shape index (κ1) is 92.6. The largest absolute Gasteiger partial charge is 0.460 e. The third-order valence-corrected chi connectivity index (χ3v) is 14.6. The number of aliphatic imine (C=N–C) groups is 1. The van der Waals surface area contributed by atoms with E-state index in [1.54, 1.807) is 19.9 Å². The summed E-state index contributed by atoms with van der Waals surface area (Å²) >= 11 is 0. The number of isocyanates is 1. The highest BCUT2D eigenvalue weighted by atomic mass is 19.4. The number of halogens is 18. The van der Waals surface area contributed by atoms with Gasteiger partial charge in [0.1, 0.15) is 12.1 Å². The SMILES string of the molecule is CCCC(=O)c1ccc(C(F)(F)F)cc1.CCCC(N)c1ccc(C(F)(F)F)cc1.CCCC(N=C=O)c1ccc(C(F)(F)F)cc1.CCCC(NC(=O)OC(Cc1ncccn1)C(=O)OC(C)C)c1ccc(C(F)(F)F)cc1.CCCC(O)c1ccc(C(F)(F)F)cc1.O=Cc1ccc(C(F)(F)F)cc1. The molecule has 106 heavy (non-hydrogen) atoms. The number of carbonyl (C=O) groups is 4. The molecule has 0 bridgehead atoms. The van der Waals surface area contributed by atoms with Crippen molar-refractivity contribution in [3.63, 3.8) is 0 Å². The smallest absolute Gasteiger partial charge is 0.416 e. The number of carbonyl (C=O) groups excluding carboxylic acids is 5. The maximum absolute atomic E-state index is 12.8. The van der Waals surface area contributed by atoms with Gasteiger partial charge < -0.3 is 25.6 Å². The number of aldehydes is 1. The molecule has 0 aliphatic heterocycles. The van der Waals surface area contributed by atoms with Crippen LogP contribution in [0.25, 0.3) is 0 Å². The Morgan fingerprint density at radius 1 is 0.500 bits per heavy atom. The van der Waals surface area contributed by atoms with Crippen LogP contribution in [0.3, 0.4) is 0 Å². The van der Waals surface area contributed by atoms with Gasteiger partial charge in [-0.05, 0) is 147 Å². The Labute approximate surface area is 601 Å². The van der Waals surface area contributed by atoms with E-state index in [0.29, 0.717) is 72.9 Å². The zero-order valence-corrected chi connectivity index (χ0v) is 58.4. The molecule has 1 heterocycles. The van der Waals surface area contributed by atoms with Gasteiger partial charge in [0.15, 0.2) is 5.78 Å². The Bertz CT molecular complexity index is 3670. The normalized spacial score (nSPS) is 12.9. The number of rotatable bonds is 23. The molecule has 7 aromatic rings. The standard InChI is InChI=1S/C22H26F3N3O4.C12H12F3NO.C11H14F3N.C11H13F3O.C11H11F3O.C8H5F3O/c1-4-6-17(15-7-9-16(10-8-15)22(23,24)25)28-21(30)32-18(20(29)31-14(2)3)13-19-26-11-5-12-27-19;1-2-3-11(16-8-17)9-4-6-10(7-5-9)12(13,14)15;3*1-2-3-10(15)8-4-6-9(7-5-8)11(12,13)14;9-8(10,11)7-3-1-6(5-12)2-4-7/h5,7-12,14,17-18H,4,6,13H2,1-3H3,(H,28,30);4-7,11H,2-3H2,1H3;4-7,10H,2-3,15H2,1H3;4-7,10,15H,2-3H2,1H3;4-7H,2-3H2,1H3;1-5H. The van der Waals surface area contributed by atoms with Crippen LogP contribution in [0.1, 0.15) is 219 Å². The van der Waals surface area contributed by atoms with Crippen LogP contribution in [0.4, 0.5) is 83.8 Å². The lowest BCUT2D eigenvalue weighted by molar-refractivity contribution is -0.157. The third-order valence-electron chi connectivity index (χ3n) is 14.6. The summed E-state index contributed by atoms with van der Waals surface area (Å²) in [5, 5.41) is 12.2. The number of nitrogens with one attached hydrogen (secondary N) is 1. The molecule has 0 radical (unpaired) electrons. The van der Waals surface area contributed by atoms with Gasteiger partial charge in [-0.1, -0.05) is 133 Å². The van der Waals surface area contributed by atoms with Gasteiger partial charge in [-0.3, -0.25) is 9.59 Å². The summed E-state index contributed by atoms with van der Waals surface area (Å²) in [6, 6.07) is 27.7. The van der Waals surface area contributed by atoms with Crippen LogP contribution in [0.2, 0.25) is 0 Å². The summed E-state index contributed by atoms with van der Waals surface area (Å²) in [5.74, 6) is -0.575. The van der Waals surface area contributed by atoms with Crippen LogP contribution < -0.4 is 11.1 Å². The van der Waals surface area contributed by atoms with Gasteiger partial charge in [-0.15, -0.1) is 0 Å². The van der Waals surface area contributed by atoms with Crippen molar-refractivity contribution in [1.29, 1.82) is 0 Å². The number of benzene rings is 6. The quantitative estimate of drug-likeness (QED) is 0.0137. The number of hydrogen-bond donors (Lipinski definition) is 3. The van der Waals surface area contributed by atoms with Gasteiger partial charge in [0.05, 0.1) is 64.1 Å². The molecule has 4 N–H and O–H groups in total. The number of ether oxygens (including phenoxy) is 2. The van der Waals surface area contributed by atoms with Crippen LogP contribution in [0.5, 0.6) is 0 Å². The zero-order chi connectivity index (χ0) is 80.2. The van der Waals surface area contributed by atoms with Crippen molar-refractivity contribution in [2.75, 3.05) is 0 Å². The topological polar surface area (TPSA) is 200 Å². The fourth-order valence-corrected chi connectivity index (χ4v) is 9.14. The van der Waals surface area contributed by atoms with E-state index in [0.717, 1.165) is 116 Å². The minimum absolute atomic E-state index is 0.0848. The molecule has 0 saturated heterocycles. The summed E-state index contributed by atoms with van der Waals surface area (Å²) < 4.78 is 232. The maximum Gasteiger partial charge on any atom is 0.416 e. The minimum atomic E-state index is -4.45. The monoisotopic (exact) mass is 1520 g/mol. The van der Waals surface area contributed by atoms with E-state index in [9.17, 15) is 108 Å². The molecule has 1 amide bonds.